The minimum absolute atomic E-state index is 0.323. The molecule has 0 unspecified atom stereocenters. The summed E-state index contributed by atoms with van der Waals surface area (Å²) in [6.45, 7) is 7.80. The fourth-order valence-corrected chi connectivity index (χ4v) is 3.38. The number of nitrogens with one attached hydrogen (secondary N) is 1. The number of nitrogens with zero attached hydrogens (tertiary/aromatic N) is 1. The summed E-state index contributed by atoms with van der Waals surface area (Å²) in [5.74, 6) is 0.752. The molecule has 114 valence electrons. The van der Waals surface area contributed by atoms with Gasteiger partial charge in [-0.2, -0.15) is 5.26 Å². The molecule has 1 saturated carbocycles. The van der Waals surface area contributed by atoms with Crippen LogP contribution in [0.1, 0.15) is 58.4 Å². The van der Waals surface area contributed by atoms with Crippen molar-refractivity contribution in [2.24, 2.45) is 11.3 Å². The zero-order valence-electron chi connectivity index (χ0n) is 13.7. The second kappa shape index (κ2) is 6.62. The maximum Gasteiger partial charge on any atom is 0.107 e. The minimum Gasteiger partial charge on any atom is -0.295 e. The lowest BCUT2D eigenvalue weighted by molar-refractivity contribution is 0.118. The van der Waals surface area contributed by atoms with Crippen LogP contribution in [0.25, 0.3) is 0 Å². The Balaban J connectivity index is 1.94. The third-order valence-electron chi connectivity index (χ3n) is 5.54. The topological polar surface area (TPSA) is 35.8 Å². The zero-order valence-corrected chi connectivity index (χ0v) is 13.7. The monoisotopic (exact) mass is 284 g/mol. The molecule has 1 N–H and O–H groups in total. The normalized spacial score (nSPS) is 26.3. The van der Waals surface area contributed by atoms with Gasteiger partial charge in [0.2, 0.25) is 0 Å². The summed E-state index contributed by atoms with van der Waals surface area (Å²) in [7, 11) is 0. The average molecular weight is 284 g/mol. The van der Waals surface area contributed by atoms with Crippen LogP contribution >= 0.6 is 0 Å². The molecule has 2 nitrogen and oxygen atoms in total. The highest BCUT2D eigenvalue weighted by Crippen LogP contribution is 2.43. The first-order valence-electron chi connectivity index (χ1n) is 8.21. The van der Waals surface area contributed by atoms with Crippen molar-refractivity contribution in [1.82, 2.24) is 5.32 Å². The van der Waals surface area contributed by atoms with Crippen LogP contribution in [-0.4, -0.2) is 5.54 Å². The van der Waals surface area contributed by atoms with Crippen molar-refractivity contribution in [1.29, 1.82) is 5.26 Å². The van der Waals surface area contributed by atoms with Gasteiger partial charge in [-0.3, -0.25) is 5.32 Å². The van der Waals surface area contributed by atoms with Crippen LogP contribution in [0.4, 0.5) is 0 Å². The predicted molar refractivity (Wildman–Crippen MR) is 87.7 cm³/mol. The van der Waals surface area contributed by atoms with Gasteiger partial charge in [0.25, 0.3) is 0 Å². The molecule has 0 aromatic heterocycles. The van der Waals surface area contributed by atoms with Crippen LogP contribution in [0.5, 0.6) is 0 Å². The largest absolute Gasteiger partial charge is 0.295 e. The Morgan fingerprint density at radius 2 is 1.86 bits per heavy atom. The Bertz CT molecular complexity index is 476. The van der Waals surface area contributed by atoms with E-state index < -0.39 is 0 Å². The Morgan fingerprint density at radius 3 is 2.38 bits per heavy atom. The average Bonchev–Trinajstić information content (AvgIpc) is 2.54. The quantitative estimate of drug-likeness (QED) is 0.853. The summed E-state index contributed by atoms with van der Waals surface area (Å²) in [5.41, 5.74) is 1.33. The molecule has 2 heteroatoms. The zero-order chi connectivity index (χ0) is 15.3. The van der Waals surface area contributed by atoms with E-state index in [-0.39, 0.29) is 5.54 Å². The maximum absolute atomic E-state index is 9.65. The summed E-state index contributed by atoms with van der Waals surface area (Å²) < 4.78 is 0. The van der Waals surface area contributed by atoms with E-state index in [4.69, 9.17) is 0 Å². The lowest BCUT2D eigenvalue weighted by Crippen LogP contribution is -2.47. The molecule has 21 heavy (non-hydrogen) atoms. The fraction of sp³-hybridized carbons (Fsp3) is 0.632. The van der Waals surface area contributed by atoms with E-state index in [1.807, 2.05) is 6.07 Å². The molecule has 1 aromatic carbocycles. The van der Waals surface area contributed by atoms with E-state index in [0.717, 1.165) is 38.1 Å². The Labute approximate surface area is 129 Å². The molecule has 2 rings (SSSR count). The summed E-state index contributed by atoms with van der Waals surface area (Å²) in [4.78, 5) is 0. The molecule has 1 aliphatic carbocycles. The van der Waals surface area contributed by atoms with Crippen LogP contribution in [0.2, 0.25) is 0 Å². The first kappa shape index (κ1) is 16.0. The van der Waals surface area contributed by atoms with Gasteiger partial charge in [0.1, 0.15) is 5.54 Å². The fourth-order valence-electron chi connectivity index (χ4n) is 3.38. The van der Waals surface area contributed by atoms with Gasteiger partial charge >= 0.3 is 0 Å². The smallest absolute Gasteiger partial charge is 0.107 e. The minimum atomic E-state index is -0.323. The first-order chi connectivity index (χ1) is 10.0. The molecular weight excluding hydrogens is 256 g/mol. The van der Waals surface area contributed by atoms with Crippen molar-refractivity contribution in [2.45, 2.75) is 65.0 Å². The molecule has 0 heterocycles. The molecule has 0 bridgehead atoms. The van der Waals surface area contributed by atoms with Gasteiger partial charge in [-0.25, -0.2) is 0 Å². The Morgan fingerprint density at radius 1 is 1.24 bits per heavy atom. The van der Waals surface area contributed by atoms with E-state index in [1.165, 1.54) is 12.0 Å². The van der Waals surface area contributed by atoms with Crippen LogP contribution < -0.4 is 5.32 Å². The maximum atomic E-state index is 9.65. The van der Waals surface area contributed by atoms with Crippen molar-refractivity contribution < 1.29 is 0 Å². The second-order valence-electron chi connectivity index (χ2n) is 7.15. The van der Waals surface area contributed by atoms with Gasteiger partial charge in [0, 0.05) is 6.54 Å². The van der Waals surface area contributed by atoms with Crippen molar-refractivity contribution in [3.05, 3.63) is 35.9 Å². The third kappa shape index (κ3) is 3.86. The SMILES string of the molecule is CCC(C)(C)C1CCC(C#N)(NCc2ccccc2)CC1. The Kier molecular flexibility index (Phi) is 5.06. The van der Waals surface area contributed by atoms with Crippen molar-refractivity contribution >= 4 is 0 Å². The van der Waals surface area contributed by atoms with Crippen LogP contribution in [0, 0.1) is 22.7 Å². The number of hydrogen-bond donors (Lipinski definition) is 1. The second-order valence-corrected chi connectivity index (χ2v) is 7.15. The number of benzene rings is 1. The van der Waals surface area contributed by atoms with E-state index in [0.29, 0.717) is 5.41 Å². The van der Waals surface area contributed by atoms with Gasteiger partial charge < -0.3 is 0 Å². The summed E-state index contributed by atoms with van der Waals surface area (Å²) >= 11 is 0. The molecule has 0 atom stereocenters. The van der Waals surface area contributed by atoms with Crippen molar-refractivity contribution in [3.8, 4) is 6.07 Å². The predicted octanol–water partition coefficient (Wildman–Crippen LogP) is 4.66. The van der Waals surface area contributed by atoms with E-state index in [2.05, 4.69) is 56.4 Å². The van der Waals surface area contributed by atoms with Gasteiger partial charge in [-0.05, 0) is 42.6 Å². The number of hydrogen-bond acceptors (Lipinski definition) is 2. The summed E-state index contributed by atoms with van der Waals surface area (Å²) in [6, 6.07) is 12.9. The number of rotatable bonds is 5. The van der Waals surface area contributed by atoms with Crippen LogP contribution in [0.15, 0.2) is 30.3 Å². The van der Waals surface area contributed by atoms with Gasteiger partial charge in [-0.15, -0.1) is 0 Å². The van der Waals surface area contributed by atoms with Gasteiger partial charge in [-0.1, -0.05) is 57.5 Å². The molecule has 1 aromatic rings. The lowest BCUT2D eigenvalue weighted by atomic mass is 9.66. The standard InChI is InChI=1S/C19H28N2/c1-4-18(2,3)17-10-12-19(15-20,13-11-17)21-14-16-8-6-5-7-9-16/h5-9,17,21H,4,10-14H2,1-3H3. The van der Waals surface area contributed by atoms with Crippen LogP contribution in [0.3, 0.4) is 0 Å². The molecule has 1 aliphatic rings. The van der Waals surface area contributed by atoms with E-state index in [9.17, 15) is 5.26 Å². The first-order valence-corrected chi connectivity index (χ1v) is 8.21. The molecule has 0 radical (unpaired) electrons. The molecule has 0 saturated heterocycles. The highest BCUT2D eigenvalue weighted by Gasteiger charge is 2.39. The highest BCUT2D eigenvalue weighted by molar-refractivity contribution is 5.17. The van der Waals surface area contributed by atoms with E-state index in [1.54, 1.807) is 0 Å². The van der Waals surface area contributed by atoms with Crippen LogP contribution in [-0.2, 0) is 6.54 Å². The molecule has 0 aliphatic heterocycles. The lowest BCUT2D eigenvalue weighted by Gasteiger charge is -2.42. The molecular formula is C19H28N2. The molecule has 1 fully saturated rings. The van der Waals surface area contributed by atoms with Crippen molar-refractivity contribution in [2.75, 3.05) is 0 Å². The van der Waals surface area contributed by atoms with Gasteiger partial charge in [0.05, 0.1) is 6.07 Å². The third-order valence-corrected chi connectivity index (χ3v) is 5.54. The molecule has 0 amide bonds. The van der Waals surface area contributed by atoms with Gasteiger partial charge in [0.15, 0.2) is 0 Å². The molecule has 0 spiro atoms. The Hall–Kier alpha value is -1.33. The number of nitriles is 1. The summed E-state index contributed by atoms with van der Waals surface area (Å²) in [6.07, 6.45) is 5.50. The highest BCUT2D eigenvalue weighted by atomic mass is 15.0. The van der Waals surface area contributed by atoms with Crippen molar-refractivity contribution in [3.63, 3.8) is 0 Å². The summed E-state index contributed by atoms with van der Waals surface area (Å²) in [5, 5.41) is 13.2. The van der Waals surface area contributed by atoms with E-state index >= 15 is 0 Å².